The first-order valence-electron chi connectivity index (χ1n) is 27.2. The molecule has 76 heavy (non-hydrogen) atoms. The van der Waals surface area contributed by atoms with Crippen molar-refractivity contribution in [3.05, 3.63) is 101 Å². The number of unbranched alkanes of at least 4 members (excludes halogenated alkanes) is 8. The summed E-state index contributed by atoms with van der Waals surface area (Å²) >= 11 is 1.58. The smallest absolute Gasteiger partial charge is 0.254 e. The maximum absolute atomic E-state index is 15.7. The second-order valence-corrected chi connectivity index (χ2v) is 22.8. The summed E-state index contributed by atoms with van der Waals surface area (Å²) in [7, 11) is 0. The molecule has 6 aromatic rings. The predicted molar refractivity (Wildman–Crippen MR) is 292 cm³/mol. The van der Waals surface area contributed by atoms with Crippen molar-refractivity contribution in [1.82, 2.24) is 54.9 Å². The number of rotatable bonds is 23. The molecule has 9 rings (SSSR count). The summed E-state index contributed by atoms with van der Waals surface area (Å²) in [6.45, 7) is 11.8. The van der Waals surface area contributed by atoms with Crippen LogP contribution in [0.2, 0.25) is 0 Å². The molecule has 0 bridgehead atoms. The highest BCUT2D eigenvalue weighted by atomic mass is 32.1. The number of hydrogen-bond donors (Lipinski definition) is 5. The zero-order chi connectivity index (χ0) is 53.3. The van der Waals surface area contributed by atoms with Crippen LogP contribution in [-0.4, -0.2) is 130 Å². The van der Waals surface area contributed by atoms with Crippen molar-refractivity contribution < 1.29 is 28.7 Å². The van der Waals surface area contributed by atoms with E-state index < -0.39 is 29.4 Å². The van der Waals surface area contributed by atoms with Gasteiger partial charge in [-0.1, -0.05) is 90.0 Å². The van der Waals surface area contributed by atoms with E-state index in [1.54, 1.807) is 35.9 Å². The van der Waals surface area contributed by atoms with Crippen molar-refractivity contribution in [2.75, 3.05) is 44.6 Å². The number of amides is 4. The van der Waals surface area contributed by atoms with Crippen LogP contribution in [0.25, 0.3) is 27.3 Å². The number of carbonyl (C=O) groups is 4. The summed E-state index contributed by atoms with van der Waals surface area (Å²) in [5, 5.41) is 26.7. The van der Waals surface area contributed by atoms with E-state index in [9.17, 15) is 24.3 Å². The molecule has 0 radical (unpaired) electrons. The zero-order valence-corrected chi connectivity index (χ0v) is 45.1. The molecule has 2 aliphatic heterocycles. The molecule has 0 spiro atoms. The first-order valence-corrected chi connectivity index (χ1v) is 28.1. The topological polar surface area (TPSA) is 206 Å². The highest BCUT2D eigenvalue weighted by Gasteiger charge is 2.44. The van der Waals surface area contributed by atoms with Gasteiger partial charge in [-0.05, 0) is 73.9 Å². The Bertz CT molecular complexity index is 2940. The largest absolute Gasteiger partial charge is 0.391 e. The van der Waals surface area contributed by atoms with Crippen molar-refractivity contribution in [3.8, 4) is 21.7 Å². The third kappa shape index (κ3) is 13.5. The average molecular weight is 1060 g/mol. The standard InChI is InChI=1S/C57H73FN12O5S/c1-37-50(76-36-61-37)40-17-15-38(16-18-40)30-60-54(73)47-29-43(71)34-70(47)56(75)51(57(2,3)4)66-49(72)14-12-10-8-6-5-7-9-11-13-23-67-24-26-68(27-25-67)55(74)41-21-22-45(44(58)28-41)64-52-53-59-33-48(42-31-62-63-32-42)69(53)35-46(65-52)39-19-20-39/h15-18,21-22,28,31-33,35-36,39,43,47,51,71H,5-14,19-20,23-27,29-30,34H2,1-4H3,(H,60,73)(H,62,63)(H,64,65)(H,66,72)/t43-,47+,51-/m1/s1. The van der Waals surface area contributed by atoms with Crippen LogP contribution in [0.1, 0.15) is 137 Å². The lowest BCUT2D eigenvalue weighted by Gasteiger charge is -2.35. The minimum absolute atomic E-state index is 0.0350. The predicted octanol–water partition coefficient (Wildman–Crippen LogP) is 8.78. The normalized spacial score (nSPS) is 17.6. The summed E-state index contributed by atoms with van der Waals surface area (Å²) in [4.78, 5) is 74.8. The second-order valence-electron chi connectivity index (χ2n) is 21.9. The van der Waals surface area contributed by atoms with Crippen LogP contribution in [0.4, 0.5) is 15.9 Å². The van der Waals surface area contributed by atoms with Crippen LogP contribution in [0, 0.1) is 18.2 Å². The third-order valence-electron chi connectivity index (χ3n) is 15.0. The number of fused-ring (bicyclic) bond motifs is 1. The quantitative estimate of drug-likeness (QED) is 0.0384. The van der Waals surface area contributed by atoms with Gasteiger partial charge in [0.2, 0.25) is 17.7 Å². The molecule has 3 aliphatic rings. The Morgan fingerprint density at radius 3 is 2.28 bits per heavy atom. The number of anilines is 2. The molecule has 3 fully saturated rings. The van der Waals surface area contributed by atoms with Crippen LogP contribution in [0.15, 0.2) is 72.8 Å². The van der Waals surface area contributed by atoms with Gasteiger partial charge in [0.15, 0.2) is 11.5 Å². The van der Waals surface area contributed by atoms with Gasteiger partial charge in [0.1, 0.15) is 17.9 Å². The number of aromatic amines is 1. The number of aromatic nitrogens is 6. The molecule has 3 atom stereocenters. The lowest BCUT2D eigenvalue weighted by molar-refractivity contribution is -0.144. The number of aliphatic hydroxyl groups is 1. The molecule has 4 aromatic heterocycles. The molecule has 1 saturated carbocycles. The molecule has 404 valence electrons. The summed E-state index contributed by atoms with van der Waals surface area (Å²) in [5.41, 5.74) is 7.97. The van der Waals surface area contributed by atoms with Gasteiger partial charge in [0, 0.05) is 81.5 Å². The third-order valence-corrected chi connectivity index (χ3v) is 16.0. The van der Waals surface area contributed by atoms with Gasteiger partial charge in [-0.25, -0.2) is 19.3 Å². The summed E-state index contributed by atoms with van der Waals surface area (Å²) in [6.07, 6.45) is 18.6. The average Bonchev–Trinajstić information content (AvgIpc) is 3.74. The molecule has 4 amide bonds. The fourth-order valence-electron chi connectivity index (χ4n) is 10.4. The SMILES string of the molecule is Cc1ncsc1-c1ccc(CNC(=O)[C@@H]2C[C@@H](O)CN2C(=O)[C@@H](NC(=O)CCCCCCCCCCCN2CCN(C(=O)c3ccc(Nc4nc(C5CC5)cn5c(-c6cn[nH]c6)cnc45)c(F)c3)CC2)C(C)(C)C)cc1. The molecular formula is C57H73FN12O5S. The van der Waals surface area contributed by atoms with Crippen molar-refractivity contribution in [3.63, 3.8) is 0 Å². The molecule has 1 aliphatic carbocycles. The molecular weight excluding hydrogens is 984 g/mol. The summed E-state index contributed by atoms with van der Waals surface area (Å²) in [6, 6.07) is 10.9. The minimum Gasteiger partial charge on any atom is -0.391 e. The van der Waals surface area contributed by atoms with Gasteiger partial charge in [0.05, 0.1) is 51.7 Å². The monoisotopic (exact) mass is 1060 g/mol. The molecule has 19 heteroatoms. The Labute approximate surface area is 448 Å². The number of benzene rings is 2. The Balaban J connectivity index is 0.626. The van der Waals surface area contributed by atoms with Gasteiger partial charge in [-0.3, -0.25) is 33.6 Å². The number of β-amino-alcohol motifs (C(OH)–C–C–N with tert-alkyl or cyclic N) is 1. The van der Waals surface area contributed by atoms with Crippen molar-refractivity contribution in [1.29, 1.82) is 0 Å². The van der Waals surface area contributed by atoms with Crippen LogP contribution < -0.4 is 16.0 Å². The number of nitrogens with one attached hydrogen (secondary N) is 4. The number of halogens is 1. The first kappa shape index (κ1) is 54.2. The second kappa shape index (κ2) is 24.6. The van der Waals surface area contributed by atoms with Crippen LogP contribution >= 0.6 is 11.3 Å². The van der Waals surface area contributed by atoms with E-state index >= 15 is 4.39 Å². The number of carbonyl (C=O) groups excluding carboxylic acids is 4. The Morgan fingerprint density at radius 2 is 1.62 bits per heavy atom. The van der Waals surface area contributed by atoms with Gasteiger partial charge in [0.25, 0.3) is 5.91 Å². The van der Waals surface area contributed by atoms with E-state index in [-0.39, 0.29) is 48.8 Å². The van der Waals surface area contributed by atoms with Gasteiger partial charge >= 0.3 is 0 Å². The highest BCUT2D eigenvalue weighted by Crippen LogP contribution is 2.41. The lowest BCUT2D eigenvalue weighted by Crippen LogP contribution is -2.57. The number of hydrogen-bond acceptors (Lipinski definition) is 12. The number of H-pyrrole nitrogens is 1. The minimum atomic E-state index is -0.846. The molecule has 6 heterocycles. The Morgan fingerprint density at radius 1 is 0.895 bits per heavy atom. The van der Waals surface area contributed by atoms with E-state index in [1.165, 1.54) is 17.4 Å². The van der Waals surface area contributed by atoms with Crippen molar-refractivity contribution in [2.45, 2.75) is 142 Å². The van der Waals surface area contributed by atoms with Crippen LogP contribution in [0.3, 0.4) is 0 Å². The molecule has 17 nitrogen and oxygen atoms in total. The number of thiazole rings is 1. The van der Waals surface area contributed by atoms with E-state index in [0.717, 1.165) is 122 Å². The summed E-state index contributed by atoms with van der Waals surface area (Å²) < 4.78 is 17.6. The van der Waals surface area contributed by atoms with Crippen LogP contribution in [0.5, 0.6) is 0 Å². The highest BCUT2D eigenvalue weighted by molar-refractivity contribution is 7.13. The lowest BCUT2D eigenvalue weighted by atomic mass is 9.85. The van der Waals surface area contributed by atoms with Gasteiger partial charge in [-0.2, -0.15) is 5.10 Å². The van der Waals surface area contributed by atoms with E-state index in [2.05, 4.69) is 41.0 Å². The number of nitrogens with zero attached hydrogens (tertiary/aromatic N) is 8. The van der Waals surface area contributed by atoms with Crippen LogP contribution in [-0.2, 0) is 20.9 Å². The summed E-state index contributed by atoms with van der Waals surface area (Å²) in [5.74, 6) is -0.741. The first-order chi connectivity index (χ1) is 36.7. The molecule has 0 unspecified atom stereocenters. The Hall–Kier alpha value is -6.57. The maximum Gasteiger partial charge on any atom is 0.254 e. The Kier molecular flexibility index (Phi) is 17.6. The number of piperazine rings is 1. The number of aryl methyl sites for hydroxylation is 1. The molecule has 5 N–H and O–H groups in total. The number of aliphatic hydroxyl groups excluding tert-OH is 1. The molecule has 2 aromatic carbocycles. The zero-order valence-electron chi connectivity index (χ0n) is 44.3. The van der Waals surface area contributed by atoms with Crippen molar-refractivity contribution in [2.24, 2.45) is 5.41 Å². The molecule has 2 saturated heterocycles. The van der Waals surface area contributed by atoms with Crippen molar-refractivity contribution >= 4 is 52.1 Å². The van der Waals surface area contributed by atoms with E-state index in [0.29, 0.717) is 42.5 Å². The number of imidazole rings is 1. The fourth-order valence-corrected chi connectivity index (χ4v) is 11.2. The van der Waals surface area contributed by atoms with Gasteiger partial charge in [-0.15, -0.1) is 11.3 Å². The maximum atomic E-state index is 15.7. The van der Waals surface area contributed by atoms with Gasteiger partial charge < -0.3 is 30.9 Å². The fraction of sp³-hybridized carbons (Fsp3) is 0.509. The van der Waals surface area contributed by atoms with E-state index in [4.69, 9.17) is 4.98 Å². The number of likely N-dealkylation sites (tertiary alicyclic amines) is 1. The van der Waals surface area contributed by atoms with E-state index in [1.807, 2.05) is 79.2 Å².